The van der Waals surface area contributed by atoms with Gasteiger partial charge in [0.2, 0.25) is 0 Å². The number of hydrogen-bond acceptors (Lipinski definition) is 7. The Kier molecular flexibility index (Phi) is 5.76. The average molecular weight is 458 g/mol. The normalized spacial score (nSPS) is 16.8. The van der Waals surface area contributed by atoms with Gasteiger partial charge < -0.3 is 9.64 Å². The first-order valence-electron chi connectivity index (χ1n) is 11.7. The van der Waals surface area contributed by atoms with Gasteiger partial charge in [0.1, 0.15) is 16.5 Å². The van der Waals surface area contributed by atoms with Gasteiger partial charge in [0.05, 0.1) is 37.4 Å². The second kappa shape index (κ2) is 9.17. The molecular formula is C26H27N5OS. The van der Waals surface area contributed by atoms with Crippen molar-refractivity contribution < 1.29 is 4.74 Å². The van der Waals surface area contributed by atoms with E-state index < -0.39 is 0 Å². The van der Waals surface area contributed by atoms with E-state index in [-0.39, 0.29) is 0 Å². The van der Waals surface area contributed by atoms with Gasteiger partial charge in [0.15, 0.2) is 0 Å². The van der Waals surface area contributed by atoms with Crippen LogP contribution in [0.5, 0.6) is 0 Å². The van der Waals surface area contributed by atoms with E-state index in [1.165, 1.54) is 29.4 Å². The predicted molar refractivity (Wildman–Crippen MR) is 132 cm³/mol. The highest BCUT2D eigenvalue weighted by molar-refractivity contribution is 7.17. The van der Waals surface area contributed by atoms with Gasteiger partial charge in [-0.15, -0.1) is 11.3 Å². The van der Waals surface area contributed by atoms with Crippen LogP contribution in [0, 0.1) is 0 Å². The van der Waals surface area contributed by atoms with Crippen LogP contribution < -0.4 is 4.90 Å². The molecule has 7 heteroatoms. The van der Waals surface area contributed by atoms with E-state index in [0.717, 1.165) is 61.6 Å². The summed E-state index contributed by atoms with van der Waals surface area (Å²) in [6.07, 6.45) is 4.27. The standard InChI is InChI=1S/C26H27N5OS/c1-2-6-19(7-3-1)22-18-33-26-24(22)25(28-23(29-26)17-30-12-14-32-15-13-30)31(21-9-10-21)16-20-8-4-5-11-27-20/h1-8,11,18,21H,9-10,12-17H2. The van der Waals surface area contributed by atoms with Crippen molar-refractivity contribution in [2.24, 2.45) is 0 Å². The van der Waals surface area contributed by atoms with E-state index in [2.05, 4.69) is 62.6 Å². The van der Waals surface area contributed by atoms with E-state index in [9.17, 15) is 0 Å². The summed E-state index contributed by atoms with van der Waals surface area (Å²) in [4.78, 5) is 20.8. The van der Waals surface area contributed by atoms with Crippen molar-refractivity contribution >= 4 is 27.4 Å². The quantitative estimate of drug-likeness (QED) is 0.399. The molecule has 3 aromatic heterocycles. The molecule has 1 aliphatic heterocycles. The lowest BCUT2D eigenvalue weighted by Gasteiger charge is -2.27. The molecule has 0 radical (unpaired) electrons. The lowest BCUT2D eigenvalue weighted by molar-refractivity contribution is 0.0331. The molecule has 33 heavy (non-hydrogen) atoms. The zero-order chi connectivity index (χ0) is 22.0. The third-order valence-electron chi connectivity index (χ3n) is 6.33. The minimum atomic E-state index is 0.505. The molecule has 2 aliphatic rings. The van der Waals surface area contributed by atoms with E-state index >= 15 is 0 Å². The van der Waals surface area contributed by atoms with Crippen molar-refractivity contribution in [3.05, 3.63) is 71.6 Å². The van der Waals surface area contributed by atoms with Crippen molar-refractivity contribution in [1.29, 1.82) is 0 Å². The number of benzene rings is 1. The molecule has 4 aromatic rings. The summed E-state index contributed by atoms with van der Waals surface area (Å²) in [6.45, 7) is 4.93. The van der Waals surface area contributed by atoms with Gasteiger partial charge >= 0.3 is 0 Å². The molecule has 0 atom stereocenters. The van der Waals surface area contributed by atoms with Gasteiger partial charge in [-0.2, -0.15) is 0 Å². The second-order valence-corrected chi connectivity index (χ2v) is 9.59. The molecule has 0 bridgehead atoms. The molecular weight excluding hydrogens is 430 g/mol. The van der Waals surface area contributed by atoms with Crippen LogP contribution in [0.4, 0.5) is 5.82 Å². The van der Waals surface area contributed by atoms with Gasteiger partial charge in [0, 0.05) is 36.3 Å². The predicted octanol–water partition coefficient (Wildman–Crippen LogP) is 4.75. The zero-order valence-corrected chi connectivity index (χ0v) is 19.4. The molecule has 168 valence electrons. The van der Waals surface area contributed by atoms with Crippen LogP contribution in [0.1, 0.15) is 24.4 Å². The number of aromatic nitrogens is 3. The molecule has 1 aliphatic carbocycles. The molecule has 0 N–H and O–H groups in total. The van der Waals surface area contributed by atoms with E-state index in [4.69, 9.17) is 14.7 Å². The number of fused-ring (bicyclic) bond motifs is 1. The maximum Gasteiger partial charge on any atom is 0.146 e. The molecule has 4 heterocycles. The highest BCUT2D eigenvalue weighted by atomic mass is 32.1. The summed E-state index contributed by atoms with van der Waals surface area (Å²) in [6, 6.07) is 17.2. The van der Waals surface area contributed by atoms with Crippen LogP contribution in [0.3, 0.4) is 0 Å². The topological polar surface area (TPSA) is 54.4 Å². The van der Waals surface area contributed by atoms with Crippen molar-refractivity contribution in [3.8, 4) is 11.1 Å². The van der Waals surface area contributed by atoms with E-state index in [1.54, 1.807) is 11.3 Å². The number of hydrogen-bond donors (Lipinski definition) is 0. The van der Waals surface area contributed by atoms with Gasteiger partial charge in [-0.1, -0.05) is 36.4 Å². The van der Waals surface area contributed by atoms with Gasteiger partial charge in [-0.25, -0.2) is 9.97 Å². The number of thiophene rings is 1. The maximum atomic E-state index is 5.53. The highest BCUT2D eigenvalue weighted by Crippen LogP contribution is 2.42. The largest absolute Gasteiger partial charge is 0.379 e. The summed E-state index contributed by atoms with van der Waals surface area (Å²) in [5.74, 6) is 1.95. The van der Waals surface area contributed by atoms with Crippen LogP contribution in [-0.4, -0.2) is 52.2 Å². The van der Waals surface area contributed by atoms with Gasteiger partial charge in [0.25, 0.3) is 0 Å². The number of ether oxygens (including phenoxy) is 1. The van der Waals surface area contributed by atoms with Crippen molar-refractivity contribution in [2.45, 2.75) is 32.0 Å². The van der Waals surface area contributed by atoms with Crippen LogP contribution in [-0.2, 0) is 17.8 Å². The summed E-state index contributed by atoms with van der Waals surface area (Å²) in [5.41, 5.74) is 3.50. The molecule has 2 fully saturated rings. The summed E-state index contributed by atoms with van der Waals surface area (Å²) in [5, 5.41) is 3.41. The lowest BCUT2D eigenvalue weighted by atomic mass is 10.1. The molecule has 1 saturated carbocycles. The Labute approximate surface area is 197 Å². The lowest BCUT2D eigenvalue weighted by Crippen LogP contribution is -2.36. The SMILES string of the molecule is c1ccc(-c2csc3nc(CN4CCOCC4)nc(N(Cc4ccccn4)C4CC4)c23)cc1. The Bertz CT molecular complexity index is 1220. The van der Waals surface area contributed by atoms with Crippen LogP contribution in [0.15, 0.2) is 60.1 Å². The van der Waals surface area contributed by atoms with E-state index in [0.29, 0.717) is 6.04 Å². The first-order valence-corrected chi connectivity index (χ1v) is 12.5. The van der Waals surface area contributed by atoms with Crippen LogP contribution in [0.25, 0.3) is 21.3 Å². The number of anilines is 1. The molecule has 1 aromatic carbocycles. The number of nitrogens with zero attached hydrogens (tertiary/aromatic N) is 5. The Morgan fingerprint density at radius 1 is 1.00 bits per heavy atom. The summed E-state index contributed by atoms with van der Waals surface area (Å²) < 4.78 is 5.53. The Balaban J connectivity index is 1.46. The van der Waals surface area contributed by atoms with Crippen LogP contribution >= 0.6 is 11.3 Å². The van der Waals surface area contributed by atoms with Crippen molar-refractivity contribution in [2.75, 3.05) is 31.2 Å². The van der Waals surface area contributed by atoms with Gasteiger partial charge in [-0.05, 0) is 30.5 Å². The smallest absolute Gasteiger partial charge is 0.146 e. The molecule has 6 rings (SSSR count). The molecule has 0 amide bonds. The minimum Gasteiger partial charge on any atom is -0.379 e. The molecule has 1 saturated heterocycles. The Hall–Kier alpha value is -2.87. The Morgan fingerprint density at radius 3 is 2.58 bits per heavy atom. The Morgan fingerprint density at radius 2 is 1.82 bits per heavy atom. The first-order chi connectivity index (χ1) is 16.3. The minimum absolute atomic E-state index is 0.505. The fourth-order valence-electron chi connectivity index (χ4n) is 4.46. The monoisotopic (exact) mass is 457 g/mol. The molecule has 0 unspecified atom stereocenters. The van der Waals surface area contributed by atoms with Crippen molar-refractivity contribution in [1.82, 2.24) is 19.9 Å². The average Bonchev–Trinajstić information content (AvgIpc) is 3.62. The second-order valence-electron chi connectivity index (χ2n) is 8.73. The molecule has 0 spiro atoms. The number of pyridine rings is 1. The molecule has 6 nitrogen and oxygen atoms in total. The van der Waals surface area contributed by atoms with Crippen molar-refractivity contribution in [3.63, 3.8) is 0 Å². The summed E-state index contributed by atoms with van der Waals surface area (Å²) >= 11 is 1.72. The first kappa shape index (κ1) is 20.7. The fraction of sp³-hybridized carbons (Fsp3) is 0.346. The van der Waals surface area contributed by atoms with Gasteiger partial charge in [-0.3, -0.25) is 9.88 Å². The highest BCUT2D eigenvalue weighted by Gasteiger charge is 2.33. The van der Waals surface area contributed by atoms with Crippen LogP contribution in [0.2, 0.25) is 0 Å². The maximum absolute atomic E-state index is 5.53. The summed E-state index contributed by atoms with van der Waals surface area (Å²) in [7, 11) is 0. The van der Waals surface area contributed by atoms with E-state index in [1.807, 2.05) is 12.3 Å². The number of morpholine rings is 1. The zero-order valence-electron chi connectivity index (χ0n) is 18.6. The third-order valence-corrected chi connectivity index (χ3v) is 7.20. The third kappa shape index (κ3) is 4.49. The number of rotatable bonds is 7. The fourth-order valence-corrected chi connectivity index (χ4v) is 5.42.